The minimum Gasteiger partial charge on any atom is -0.369 e. The fourth-order valence-corrected chi connectivity index (χ4v) is 5.53. The maximum absolute atomic E-state index is 14.3. The number of allylic oxidation sites excluding steroid dienone is 1. The van der Waals surface area contributed by atoms with Gasteiger partial charge in [0.25, 0.3) is 0 Å². The molecule has 0 radical (unpaired) electrons. The first-order valence-corrected chi connectivity index (χ1v) is 10.5. The number of carbonyl (C=O) groups is 1. The fraction of sp³-hybridized carbons (Fsp3) is 0.222. The predicted octanol–water partition coefficient (Wildman–Crippen LogP) is 6.10. The molecule has 0 spiro atoms. The van der Waals surface area contributed by atoms with Gasteiger partial charge in [-0.2, -0.15) is 0 Å². The molecule has 1 N–H and O–H groups in total. The molecule has 0 amide bonds. The Morgan fingerprint density at radius 1 is 0.690 bits per heavy atom. The molecule has 1 aliphatic carbocycles. The van der Waals surface area contributed by atoms with E-state index in [-0.39, 0.29) is 5.78 Å². The summed E-state index contributed by atoms with van der Waals surface area (Å²) in [5.41, 5.74) is 5.39. The molecule has 3 aromatic rings. The zero-order valence-electron chi connectivity index (χ0n) is 16.9. The van der Waals surface area contributed by atoms with Crippen molar-refractivity contribution in [3.63, 3.8) is 0 Å². The van der Waals surface area contributed by atoms with Crippen LogP contribution in [0.5, 0.6) is 0 Å². The Balaban J connectivity index is 1.96. The van der Waals surface area contributed by atoms with Crippen LogP contribution in [-0.2, 0) is 10.2 Å². The van der Waals surface area contributed by atoms with Gasteiger partial charge in [0.1, 0.15) is 5.54 Å². The van der Waals surface area contributed by atoms with Crippen molar-refractivity contribution in [2.24, 2.45) is 0 Å². The number of fused-ring (bicyclic) bond motifs is 4. The third-order valence-corrected chi connectivity index (χ3v) is 6.80. The molecular weight excluding hydrogens is 354 g/mol. The highest BCUT2D eigenvalue weighted by molar-refractivity contribution is 6.30. The number of Topliss-reactive ketones (excluding diaryl/α,β-unsaturated/α-hetero) is 1. The van der Waals surface area contributed by atoms with Crippen molar-refractivity contribution in [1.82, 2.24) is 0 Å². The molecule has 2 atom stereocenters. The van der Waals surface area contributed by atoms with E-state index in [2.05, 4.69) is 85.9 Å². The van der Waals surface area contributed by atoms with E-state index in [0.717, 1.165) is 39.9 Å². The summed E-state index contributed by atoms with van der Waals surface area (Å²) in [6.07, 6.45) is 1.45. The number of carbonyl (C=O) groups excluding carboxylic acids is 1. The van der Waals surface area contributed by atoms with Gasteiger partial charge in [-0.1, -0.05) is 92.7 Å². The summed E-state index contributed by atoms with van der Waals surface area (Å²) in [6.45, 7) is 4.27. The second kappa shape index (κ2) is 6.45. The van der Waals surface area contributed by atoms with E-state index in [0.29, 0.717) is 6.42 Å². The number of ketones is 1. The maximum atomic E-state index is 14.3. The monoisotopic (exact) mass is 379 g/mol. The van der Waals surface area contributed by atoms with Crippen LogP contribution in [0.1, 0.15) is 43.4 Å². The number of para-hydroxylation sites is 1. The van der Waals surface area contributed by atoms with Gasteiger partial charge >= 0.3 is 0 Å². The van der Waals surface area contributed by atoms with E-state index in [1.54, 1.807) is 0 Å². The van der Waals surface area contributed by atoms with E-state index in [1.165, 1.54) is 0 Å². The fourth-order valence-electron chi connectivity index (χ4n) is 5.53. The average Bonchev–Trinajstić information content (AvgIpc) is 2.93. The van der Waals surface area contributed by atoms with Crippen molar-refractivity contribution < 1.29 is 4.79 Å². The SMILES string of the molecule is CC[C@@]12Nc3ccccc3[C@](CC)(C1=O)C(c1ccccc1)=C2c1ccccc1. The van der Waals surface area contributed by atoms with E-state index in [9.17, 15) is 4.79 Å². The van der Waals surface area contributed by atoms with E-state index < -0.39 is 11.0 Å². The first kappa shape index (κ1) is 17.9. The number of hydrogen-bond donors (Lipinski definition) is 1. The van der Waals surface area contributed by atoms with Gasteiger partial charge in [0.2, 0.25) is 0 Å². The van der Waals surface area contributed by atoms with E-state index >= 15 is 0 Å². The molecule has 0 saturated heterocycles. The first-order valence-electron chi connectivity index (χ1n) is 10.5. The standard InChI is InChI=1S/C27H25NO/c1-3-26-21-17-11-12-18-22(21)28-27(4-2,25(26)29)24(20-15-9-6-10-16-20)23(26)19-13-7-5-8-14-19/h5-18,28H,3-4H2,1-2H3/t26-,27-/m0/s1. The van der Waals surface area contributed by atoms with Crippen molar-refractivity contribution in [1.29, 1.82) is 0 Å². The topological polar surface area (TPSA) is 29.1 Å². The lowest BCUT2D eigenvalue weighted by Gasteiger charge is -2.42. The predicted molar refractivity (Wildman–Crippen MR) is 120 cm³/mol. The normalized spacial score (nSPS) is 25.0. The summed E-state index contributed by atoms with van der Waals surface area (Å²) in [5.74, 6) is 0.284. The Kier molecular flexibility index (Phi) is 3.99. The van der Waals surface area contributed by atoms with Crippen LogP contribution >= 0.6 is 0 Å². The van der Waals surface area contributed by atoms with Crippen LogP contribution < -0.4 is 5.32 Å². The van der Waals surface area contributed by atoms with Gasteiger partial charge in [-0.25, -0.2) is 0 Å². The lowest BCUT2D eigenvalue weighted by Crippen LogP contribution is -2.54. The number of nitrogens with one attached hydrogen (secondary N) is 1. The Morgan fingerprint density at radius 2 is 1.24 bits per heavy atom. The molecule has 3 aromatic carbocycles. The molecule has 0 unspecified atom stereocenters. The third-order valence-electron chi connectivity index (χ3n) is 6.80. The van der Waals surface area contributed by atoms with Crippen LogP contribution in [-0.4, -0.2) is 11.3 Å². The molecule has 2 nitrogen and oxygen atoms in total. The highest BCUT2D eigenvalue weighted by atomic mass is 16.1. The van der Waals surface area contributed by atoms with Crippen molar-refractivity contribution in [3.8, 4) is 0 Å². The number of anilines is 1. The molecule has 5 rings (SSSR count). The smallest absolute Gasteiger partial charge is 0.177 e. The van der Waals surface area contributed by atoms with Gasteiger partial charge in [0, 0.05) is 5.69 Å². The van der Waals surface area contributed by atoms with E-state index in [1.807, 2.05) is 18.2 Å². The van der Waals surface area contributed by atoms with Crippen LogP contribution in [0.25, 0.3) is 11.1 Å². The first-order chi connectivity index (χ1) is 14.2. The van der Waals surface area contributed by atoms with Crippen molar-refractivity contribution in [2.45, 2.75) is 37.6 Å². The zero-order valence-corrected chi connectivity index (χ0v) is 16.9. The minimum atomic E-state index is -0.711. The largest absolute Gasteiger partial charge is 0.369 e. The molecule has 0 saturated carbocycles. The number of hydrogen-bond acceptors (Lipinski definition) is 2. The average molecular weight is 380 g/mol. The Bertz CT molecular complexity index is 1120. The van der Waals surface area contributed by atoms with Gasteiger partial charge in [0.05, 0.1) is 5.41 Å². The lowest BCUT2D eigenvalue weighted by molar-refractivity contribution is -0.125. The van der Waals surface area contributed by atoms with Gasteiger partial charge in [-0.05, 0) is 46.7 Å². The van der Waals surface area contributed by atoms with Crippen LogP contribution in [0.15, 0.2) is 84.9 Å². The molecule has 0 fully saturated rings. The summed E-state index contributed by atoms with van der Waals surface area (Å²) < 4.78 is 0. The van der Waals surface area contributed by atoms with Gasteiger partial charge < -0.3 is 5.32 Å². The highest BCUT2D eigenvalue weighted by Crippen LogP contribution is 2.62. The third kappa shape index (κ3) is 2.20. The molecule has 1 aliphatic heterocycles. The second-order valence-electron chi connectivity index (χ2n) is 8.00. The number of rotatable bonds is 4. The van der Waals surface area contributed by atoms with Crippen LogP contribution in [0.3, 0.4) is 0 Å². The van der Waals surface area contributed by atoms with Gasteiger partial charge in [-0.15, -0.1) is 0 Å². The lowest BCUT2D eigenvalue weighted by atomic mass is 9.65. The summed E-state index contributed by atoms with van der Waals surface area (Å²) in [7, 11) is 0. The molecule has 0 aromatic heterocycles. The van der Waals surface area contributed by atoms with E-state index in [4.69, 9.17) is 0 Å². The zero-order chi connectivity index (χ0) is 20.1. The Labute approximate surface area is 172 Å². The molecular formula is C27H25NO. The van der Waals surface area contributed by atoms with Crippen molar-refractivity contribution in [2.75, 3.05) is 5.32 Å². The number of benzene rings is 3. The maximum Gasteiger partial charge on any atom is 0.177 e. The minimum absolute atomic E-state index is 0.284. The molecule has 29 heavy (non-hydrogen) atoms. The van der Waals surface area contributed by atoms with Crippen molar-refractivity contribution >= 4 is 22.6 Å². The van der Waals surface area contributed by atoms with Gasteiger partial charge in [-0.3, -0.25) is 4.79 Å². The van der Waals surface area contributed by atoms with Crippen LogP contribution in [0.4, 0.5) is 5.69 Å². The molecule has 1 heterocycles. The molecule has 2 heteroatoms. The summed E-state index contributed by atoms with van der Waals surface area (Å²) in [4.78, 5) is 14.3. The summed E-state index contributed by atoms with van der Waals surface area (Å²) >= 11 is 0. The summed E-state index contributed by atoms with van der Waals surface area (Å²) in [6, 6.07) is 29.3. The van der Waals surface area contributed by atoms with Crippen LogP contribution in [0, 0.1) is 0 Å². The van der Waals surface area contributed by atoms with Gasteiger partial charge in [0.15, 0.2) is 5.78 Å². The summed E-state index contributed by atoms with van der Waals surface area (Å²) in [5, 5.41) is 3.70. The van der Waals surface area contributed by atoms with Crippen molar-refractivity contribution in [3.05, 3.63) is 102 Å². The molecule has 2 bridgehead atoms. The second-order valence-corrected chi connectivity index (χ2v) is 8.00. The Hall–Kier alpha value is -3.13. The van der Waals surface area contributed by atoms with Crippen LogP contribution in [0.2, 0.25) is 0 Å². The molecule has 2 aliphatic rings. The Morgan fingerprint density at radius 3 is 1.83 bits per heavy atom. The quantitative estimate of drug-likeness (QED) is 0.593. The highest BCUT2D eigenvalue weighted by Gasteiger charge is 2.64. The molecule has 144 valence electrons.